The van der Waals surface area contributed by atoms with Crippen LogP contribution in [0.4, 0.5) is 0 Å². The normalized spacial score (nSPS) is 13.3. The second-order valence-corrected chi connectivity index (χ2v) is 7.64. The zero-order chi connectivity index (χ0) is 18.1. The molecule has 4 rings (SSSR count). The van der Waals surface area contributed by atoms with Crippen LogP contribution in [0.3, 0.4) is 0 Å². The third-order valence-corrected chi connectivity index (χ3v) is 5.39. The summed E-state index contributed by atoms with van der Waals surface area (Å²) in [6.07, 6.45) is 0. The van der Waals surface area contributed by atoms with Gasteiger partial charge in [0.25, 0.3) is 0 Å². The third-order valence-electron chi connectivity index (χ3n) is 3.66. The van der Waals surface area contributed by atoms with Gasteiger partial charge in [0.05, 0.1) is 10.7 Å². The molecule has 9 heteroatoms. The molecule has 0 atom stereocenters. The summed E-state index contributed by atoms with van der Waals surface area (Å²) < 4.78 is 7.43. The Balaban J connectivity index is 1.59. The Morgan fingerprint density at radius 2 is 1.77 bits per heavy atom. The second kappa shape index (κ2) is 7.48. The Morgan fingerprint density at radius 1 is 1.00 bits per heavy atom. The van der Waals surface area contributed by atoms with E-state index in [0.29, 0.717) is 37.6 Å². The van der Waals surface area contributed by atoms with Gasteiger partial charge in [-0.25, -0.2) is 0 Å². The molecule has 0 fully saturated rings. The van der Waals surface area contributed by atoms with Crippen LogP contribution in [0.1, 0.15) is 11.4 Å². The van der Waals surface area contributed by atoms with E-state index in [4.69, 9.17) is 39.5 Å². The number of hydrogen-bond donors (Lipinski definition) is 0. The van der Waals surface area contributed by atoms with Crippen LogP contribution >= 0.6 is 46.6 Å². The highest BCUT2D eigenvalue weighted by molar-refractivity contribution is 7.99. The molecular weight excluding hydrogens is 415 g/mol. The minimum absolute atomic E-state index is 0.236. The van der Waals surface area contributed by atoms with Crippen molar-refractivity contribution in [3.8, 4) is 5.75 Å². The topological polar surface area (TPSA) is 52.3 Å². The predicted octanol–water partition coefficient (Wildman–Crippen LogP) is 5.18. The molecular formula is C17H11Cl3N4OS. The number of ether oxygens (including phenoxy) is 1. The molecule has 0 bridgehead atoms. The molecule has 0 spiro atoms. The molecule has 3 aromatic rings. The monoisotopic (exact) mass is 424 g/mol. The molecule has 2 heterocycles. The van der Waals surface area contributed by atoms with Crippen molar-refractivity contribution in [3.05, 3.63) is 68.9 Å². The van der Waals surface area contributed by atoms with Crippen molar-refractivity contribution in [2.75, 3.05) is 5.75 Å². The zero-order valence-corrected chi connectivity index (χ0v) is 16.3. The molecule has 1 aliphatic rings. The number of fused-ring (bicyclic) bond motifs is 1. The quantitative estimate of drug-likeness (QED) is 0.578. The predicted molar refractivity (Wildman–Crippen MR) is 105 cm³/mol. The van der Waals surface area contributed by atoms with Crippen molar-refractivity contribution < 1.29 is 4.74 Å². The molecule has 0 aliphatic carbocycles. The average Bonchev–Trinajstić information content (AvgIpc) is 3.03. The van der Waals surface area contributed by atoms with E-state index in [9.17, 15) is 0 Å². The van der Waals surface area contributed by atoms with Crippen molar-refractivity contribution in [1.29, 1.82) is 0 Å². The standard InChI is InChI=1S/C17H11Cl3N4OS/c18-10-1-4-12(5-2-10)25-8-16-21-22-17-24(16)23-15(9-26-17)13-6-3-11(19)7-14(13)20/h1-7H,8-9H2. The van der Waals surface area contributed by atoms with Gasteiger partial charge in [-0.2, -0.15) is 9.78 Å². The molecule has 1 aliphatic heterocycles. The van der Waals surface area contributed by atoms with Crippen LogP contribution < -0.4 is 4.74 Å². The number of halogens is 3. The molecule has 0 radical (unpaired) electrons. The molecule has 0 amide bonds. The van der Waals surface area contributed by atoms with Gasteiger partial charge in [0.1, 0.15) is 12.4 Å². The van der Waals surface area contributed by atoms with Gasteiger partial charge in [-0.15, -0.1) is 10.2 Å². The summed E-state index contributed by atoms with van der Waals surface area (Å²) in [5.41, 5.74) is 1.67. The van der Waals surface area contributed by atoms with Gasteiger partial charge in [0.15, 0.2) is 5.82 Å². The van der Waals surface area contributed by atoms with Crippen molar-refractivity contribution in [1.82, 2.24) is 14.9 Å². The number of aromatic nitrogens is 3. The van der Waals surface area contributed by atoms with E-state index in [1.807, 2.05) is 6.07 Å². The molecule has 5 nitrogen and oxygen atoms in total. The highest BCUT2D eigenvalue weighted by Crippen LogP contribution is 2.28. The smallest absolute Gasteiger partial charge is 0.212 e. The fourth-order valence-corrected chi connectivity index (χ4v) is 3.88. The van der Waals surface area contributed by atoms with Crippen molar-refractivity contribution >= 4 is 52.3 Å². The molecule has 0 saturated carbocycles. The maximum absolute atomic E-state index is 6.31. The first-order valence-electron chi connectivity index (χ1n) is 7.59. The molecule has 0 N–H and O–H groups in total. The lowest BCUT2D eigenvalue weighted by molar-refractivity contribution is 0.290. The van der Waals surface area contributed by atoms with Gasteiger partial charge in [0, 0.05) is 21.4 Å². The first kappa shape index (κ1) is 17.7. The summed E-state index contributed by atoms with van der Waals surface area (Å²) in [5, 5.41) is 15.5. The number of rotatable bonds is 4. The molecule has 2 aromatic carbocycles. The summed E-state index contributed by atoms with van der Waals surface area (Å²) in [4.78, 5) is 0. The van der Waals surface area contributed by atoms with E-state index >= 15 is 0 Å². The Labute approximate surface area is 168 Å². The molecule has 0 saturated heterocycles. The minimum atomic E-state index is 0.236. The van der Waals surface area contributed by atoms with E-state index in [0.717, 1.165) is 11.3 Å². The van der Waals surface area contributed by atoms with Gasteiger partial charge in [0.2, 0.25) is 5.16 Å². The zero-order valence-electron chi connectivity index (χ0n) is 13.2. The first-order valence-corrected chi connectivity index (χ1v) is 9.71. The Bertz CT molecular complexity index is 988. The summed E-state index contributed by atoms with van der Waals surface area (Å²) in [6, 6.07) is 12.5. The number of nitrogens with zero attached hydrogens (tertiary/aromatic N) is 4. The van der Waals surface area contributed by atoms with Gasteiger partial charge in [-0.05, 0) is 36.4 Å². The Kier molecular flexibility index (Phi) is 5.09. The number of hydrogen-bond acceptors (Lipinski definition) is 5. The van der Waals surface area contributed by atoms with Crippen molar-refractivity contribution in [2.45, 2.75) is 11.8 Å². The lowest BCUT2D eigenvalue weighted by Crippen LogP contribution is -2.15. The van der Waals surface area contributed by atoms with Crippen LogP contribution in [0.2, 0.25) is 15.1 Å². The fraction of sp³-hybridized carbons (Fsp3) is 0.118. The van der Waals surface area contributed by atoms with Gasteiger partial charge >= 0.3 is 0 Å². The Hall–Kier alpha value is -1.73. The SMILES string of the molecule is Clc1ccc(OCc2nnc3n2N=C(c2ccc(Cl)cc2Cl)CS3)cc1. The van der Waals surface area contributed by atoms with Gasteiger partial charge in [-0.1, -0.05) is 52.6 Å². The van der Waals surface area contributed by atoms with Gasteiger partial charge < -0.3 is 4.74 Å². The van der Waals surface area contributed by atoms with Crippen LogP contribution in [0.25, 0.3) is 0 Å². The summed E-state index contributed by atoms with van der Waals surface area (Å²) >= 11 is 19.7. The minimum Gasteiger partial charge on any atom is -0.486 e. The summed E-state index contributed by atoms with van der Waals surface area (Å²) in [7, 11) is 0. The van der Waals surface area contributed by atoms with Crippen LogP contribution in [-0.4, -0.2) is 26.3 Å². The largest absolute Gasteiger partial charge is 0.486 e. The van der Waals surface area contributed by atoms with E-state index in [1.54, 1.807) is 52.8 Å². The van der Waals surface area contributed by atoms with E-state index in [-0.39, 0.29) is 6.61 Å². The van der Waals surface area contributed by atoms with Crippen LogP contribution in [0, 0.1) is 0 Å². The average molecular weight is 426 g/mol. The maximum Gasteiger partial charge on any atom is 0.212 e. The van der Waals surface area contributed by atoms with E-state index in [1.165, 1.54) is 0 Å². The number of thioether (sulfide) groups is 1. The fourth-order valence-electron chi connectivity index (χ4n) is 2.39. The lowest BCUT2D eigenvalue weighted by Gasteiger charge is -2.15. The lowest BCUT2D eigenvalue weighted by atomic mass is 10.1. The van der Waals surface area contributed by atoms with Crippen molar-refractivity contribution in [3.63, 3.8) is 0 Å². The molecule has 132 valence electrons. The molecule has 0 unspecified atom stereocenters. The third kappa shape index (κ3) is 3.69. The van der Waals surface area contributed by atoms with E-state index in [2.05, 4.69) is 15.3 Å². The number of benzene rings is 2. The second-order valence-electron chi connectivity index (χ2n) is 5.41. The summed E-state index contributed by atoms with van der Waals surface area (Å²) in [5.74, 6) is 1.95. The summed E-state index contributed by atoms with van der Waals surface area (Å²) in [6.45, 7) is 0.236. The van der Waals surface area contributed by atoms with Crippen molar-refractivity contribution in [2.24, 2.45) is 5.10 Å². The highest BCUT2D eigenvalue weighted by Gasteiger charge is 2.21. The first-order chi connectivity index (χ1) is 12.6. The Morgan fingerprint density at radius 3 is 2.54 bits per heavy atom. The molecule has 1 aromatic heterocycles. The maximum atomic E-state index is 6.31. The van der Waals surface area contributed by atoms with Crippen LogP contribution in [0.5, 0.6) is 5.75 Å². The highest BCUT2D eigenvalue weighted by atomic mass is 35.5. The van der Waals surface area contributed by atoms with Crippen LogP contribution in [-0.2, 0) is 6.61 Å². The van der Waals surface area contributed by atoms with E-state index < -0.39 is 0 Å². The van der Waals surface area contributed by atoms with Crippen LogP contribution in [0.15, 0.2) is 52.7 Å². The van der Waals surface area contributed by atoms with Gasteiger partial charge in [-0.3, -0.25) is 0 Å². The molecule has 26 heavy (non-hydrogen) atoms.